The molecule has 0 fully saturated rings. The molecular formula is C10H10ClFO4S. The van der Waals surface area contributed by atoms with Crippen LogP contribution in [0.5, 0.6) is 11.5 Å². The second kappa shape index (κ2) is 4.70. The second-order valence-electron chi connectivity index (χ2n) is 3.64. The molecule has 1 aliphatic rings. The van der Waals surface area contributed by atoms with Crippen molar-refractivity contribution < 1.29 is 21.8 Å². The van der Waals surface area contributed by atoms with Gasteiger partial charge in [-0.1, -0.05) is 11.6 Å². The monoisotopic (exact) mass is 280 g/mol. The maximum absolute atomic E-state index is 12.6. The first-order chi connectivity index (χ1) is 7.96. The molecule has 1 aromatic carbocycles. The lowest BCUT2D eigenvalue weighted by atomic mass is 10.2. The van der Waals surface area contributed by atoms with Gasteiger partial charge in [0.05, 0.1) is 18.2 Å². The van der Waals surface area contributed by atoms with Crippen LogP contribution in [0.1, 0.15) is 12.0 Å². The van der Waals surface area contributed by atoms with E-state index in [-0.39, 0.29) is 10.6 Å². The van der Waals surface area contributed by atoms with E-state index >= 15 is 0 Å². The maximum Gasteiger partial charge on any atom is 0.306 e. The third-order valence-electron chi connectivity index (χ3n) is 2.20. The zero-order chi connectivity index (χ0) is 12.5. The Hall–Kier alpha value is -1.01. The predicted molar refractivity (Wildman–Crippen MR) is 60.8 cm³/mol. The minimum absolute atomic E-state index is 0.225. The molecule has 0 amide bonds. The van der Waals surface area contributed by atoms with E-state index in [1.54, 1.807) is 0 Å². The van der Waals surface area contributed by atoms with Gasteiger partial charge < -0.3 is 9.47 Å². The number of rotatable bonds is 2. The highest BCUT2D eigenvalue weighted by Crippen LogP contribution is 2.38. The van der Waals surface area contributed by atoms with Crippen LogP contribution in [0.3, 0.4) is 0 Å². The predicted octanol–water partition coefficient (Wildman–Crippen LogP) is 2.30. The van der Waals surface area contributed by atoms with Crippen LogP contribution in [0, 0.1) is 0 Å². The highest BCUT2D eigenvalue weighted by molar-refractivity contribution is 7.85. The summed E-state index contributed by atoms with van der Waals surface area (Å²) in [6, 6.07) is 2.80. The van der Waals surface area contributed by atoms with Gasteiger partial charge >= 0.3 is 10.2 Å². The Kier molecular flexibility index (Phi) is 3.44. The largest absolute Gasteiger partial charge is 0.489 e. The maximum atomic E-state index is 12.6. The summed E-state index contributed by atoms with van der Waals surface area (Å²) in [7, 11) is -4.58. The summed E-state index contributed by atoms with van der Waals surface area (Å²) in [6.45, 7) is 0.933. The summed E-state index contributed by atoms with van der Waals surface area (Å²) in [5, 5.41) is 0.225. The lowest BCUT2D eigenvalue weighted by Gasteiger charge is -2.10. The van der Waals surface area contributed by atoms with Crippen molar-refractivity contribution in [3.05, 3.63) is 22.7 Å². The Morgan fingerprint density at radius 2 is 2.00 bits per heavy atom. The Labute approximate surface area is 104 Å². The first kappa shape index (κ1) is 12.4. The van der Waals surface area contributed by atoms with Crippen LogP contribution in [-0.4, -0.2) is 21.6 Å². The van der Waals surface area contributed by atoms with Crippen LogP contribution in [0.2, 0.25) is 5.02 Å². The van der Waals surface area contributed by atoms with Crippen LogP contribution >= 0.6 is 11.6 Å². The summed E-state index contributed by atoms with van der Waals surface area (Å²) >= 11 is 5.93. The van der Waals surface area contributed by atoms with Crippen molar-refractivity contribution in [3.63, 3.8) is 0 Å². The van der Waals surface area contributed by atoms with Gasteiger partial charge in [-0.3, -0.25) is 0 Å². The third-order valence-corrected chi connectivity index (χ3v) is 3.16. The fourth-order valence-corrected chi connectivity index (χ4v) is 2.42. The SMILES string of the molecule is O=S(=O)(F)Cc1cc(Cl)c2c(c1)OCCCO2. The topological polar surface area (TPSA) is 52.6 Å². The fraction of sp³-hybridized carbons (Fsp3) is 0.400. The van der Waals surface area contributed by atoms with E-state index in [0.29, 0.717) is 31.1 Å². The first-order valence-electron chi connectivity index (χ1n) is 4.96. The third kappa shape index (κ3) is 3.23. The number of fused-ring (bicyclic) bond motifs is 1. The molecule has 0 N–H and O–H groups in total. The number of halogens is 2. The lowest BCUT2D eigenvalue weighted by molar-refractivity contribution is 0.297. The molecule has 0 bridgehead atoms. The summed E-state index contributed by atoms with van der Waals surface area (Å²) in [5.74, 6) is 0.0152. The molecule has 0 saturated carbocycles. The summed E-state index contributed by atoms with van der Waals surface area (Å²) < 4.78 is 44.4. The summed E-state index contributed by atoms with van der Waals surface area (Å²) in [4.78, 5) is 0. The van der Waals surface area contributed by atoms with Gasteiger partial charge in [-0.15, -0.1) is 3.89 Å². The van der Waals surface area contributed by atoms with Crippen molar-refractivity contribution in [2.24, 2.45) is 0 Å². The minimum atomic E-state index is -4.58. The minimum Gasteiger partial charge on any atom is -0.489 e. The van der Waals surface area contributed by atoms with Gasteiger partial charge in [-0.25, -0.2) is 0 Å². The fourth-order valence-electron chi connectivity index (χ4n) is 1.57. The van der Waals surface area contributed by atoms with Crippen molar-refractivity contribution in [1.82, 2.24) is 0 Å². The van der Waals surface area contributed by atoms with Crippen LogP contribution in [0.4, 0.5) is 3.89 Å². The van der Waals surface area contributed by atoms with Gasteiger partial charge in [-0.05, 0) is 17.7 Å². The molecule has 0 atom stereocenters. The Morgan fingerprint density at radius 3 is 2.71 bits per heavy atom. The van der Waals surface area contributed by atoms with Gasteiger partial charge in [0.1, 0.15) is 5.75 Å². The molecule has 4 nitrogen and oxygen atoms in total. The molecule has 0 radical (unpaired) electrons. The smallest absolute Gasteiger partial charge is 0.306 e. The number of ether oxygens (including phenoxy) is 2. The summed E-state index contributed by atoms with van der Waals surface area (Å²) in [5.41, 5.74) is 0.238. The van der Waals surface area contributed by atoms with Crippen molar-refractivity contribution in [2.75, 3.05) is 13.2 Å². The van der Waals surface area contributed by atoms with E-state index in [0.717, 1.165) is 0 Å². The molecule has 1 aromatic rings. The van der Waals surface area contributed by atoms with E-state index in [4.69, 9.17) is 21.1 Å². The normalized spacial score (nSPS) is 15.4. The van der Waals surface area contributed by atoms with Crippen molar-refractivity contribution in [1.29, 1.82) is 0 Å². The van der Waals surface area contributed by atoms with Gasteiger partial charge in [0.25, 0.3) is 0 Å². The van der Waals surface area contributed by atoms with Crippen LogP contribution in [0.25, 0.3) is 0 Å². The molecule has 0 saturated heterocycles. The van der Waals surface area contributed by atoms with E-state index < -0.39 is 16.0 Å². The molecule has 1 heterocycles. The van der Waals surface area contributed by atoms with Gasteiger partial charge in [0.2, 0.25) is 0 Å². The molecule has 94 valence electrons. The van der Waals surface area contributed by atoms with E-state index in [1.807, 2.05) is 0 Å². The number of benzene rings is 1. The summed E-state index contributed by atoms with van der Waals surface area (Å²) in [6.07, 6.45) is 0.710. The first-order valence-corrected chi connectivity index (χ1v) is 6.89. The molecular weight excluding hydrogens is 271 g/mol. The van der Waals surface area contributed by atoms with Crippen molar-refractivity contribution >= 4 is 21.8 Å². The van der Waals surface area contributed by atoms with Crippen LogP contribution in [0.15, 0.2) is 12.1 Å². The molecule has 0 unspecified atom stereocenters. The Morgan fingerprint density at radius 1 is 1.29 bits per heavy atom. The zero-order valence-corrected chi connectivity index (χ0v) is 10.4. The number of hydrogen-bond donors (Lipinski definition) is 0. The second-order valence-corrected chi connectivity index (χ2v) is 5.41. The Bertz CT molecular complexity index is 529. The highest BCUT2D eigenvalue weighted by Gasteiger charge is 2.18. The molecule has 1 aliphatic heterocycles. The molecule has 0 aromatic heterocycles. The average molecular weight is 281 g/mol. The van der Waals surface area contributed by atoms with Gasteiger partial charge in [0.15, 0.2) is 11.5 Å². The number of hydrogen-bond acceptors (Lipinski definition) is 4. The lowest BCUT2D eigenvalue weighted by Crippen LogP contribution is -1.99. The molecule has 7 heteroatoms. The van der Waals surface area contributed by atoms with E-state index in [2.05, 4.69) is 0 Å². The van der Waals surface area contributed by atoms with Crippen molar-refractivity contribution in [2.45, 2.75) is 12.2 Å². The average Bonchev–Trinajstić information content (AvgIpc) is 2.40. The van der Waals surface area contributed by atoms with E-state index in [9.17, 15) is 12.3 Å². The van der Waals surface area contributed by atoms with Gasteiger partial charge in [0, 0.05) is 6.42 Å². The molecule has 2 rings (SSSR count). The quantitative estimate of drug-likeness (QED) is 0.780. The standard InChI is InChI=1S/C10H10ClFO4S/c11-8-4-7(6-17(12,13)14)5-9-10(8)16-3-1-2-15-9/h4-5H,1-3,6H2. The highest BCUT2D eigenvalue weighted by atomic mass is 35.5. The Balaban J connectivity index is 2.39. The molecule has 0 spiro atoms. The van der Waals surface area contributed by atoms with Crippen LogP contribution < -0.4 is 9.47 Å². The zero-order valence-electron chi connectivity index (χ0n) is 8.78. The van der Waals surface area contributed by atoms with Crippen molar-refractivity contribution in [3.8, 4) is 11.5 Å². The molecule has 0 aliphatic carbocycles. The molecule has 17 heavy (non-hydrogen) atoms. The van der Waals surface area contributed by atoms with Crippen LogP contribution in [-0.2, 0) is 16.0 Å². The van der Waals surface area contributed by atoms with E-state index in [1.165, 1.54) is 12.1 Å². The van der Waals surface area contributed by atoms with Gasteiger partial charge in [-0.2, -0.15) is 8.42 Å².